The first kappa shape index (κ1) is 28.2. The maximum absolute atomic E-state index is 9.93. The zero-order valence-electron chi connectivity index (χ0n) is 32.7. The van der Waals surface area contributed by atoms with Crippen molar-refractivity contribution in [3.05, 3.63) is 144 Å². The zero-order chi connectivity index (χ0) is 37.5. The van der Waals surface area contributed by atoms with Gasteiger partial charge in [-0.25, -0.2) is 0 Å². The van der Waals surface area contributed by atoms with Crippen LogP contribution in [0.5, 0.6) is 0 Å². The Morgan fingerprint density at radius 2 is 1.60 bits per heavy atom. The van der Waals surface area contributed by atoms with E-state index in [0.29, 0.717) is 11.1 Å². The molecule has 48 heavy (non-hydrogen) atoms. The van der Waals surface area contributed by atoms with Crippen LogP contribution < -0.4 is 0 Å². The molecule has 0 fully saturated rings. The van der Waals surface area contributed by atoms with Crippen molar-refractivity contribution in [2.45, 2.75) is 52.4 Å². The molecule has 0 N–H and O–H groups in total. The molecule has 3 heterocycles. The van der Waals surface area contributed by atoms with Gasteiger partial charge in [-0.15, -0.1) is 53.6 Å². The minimum Gasteiger partial charge on any atom is -0.500 e. The van der Waals surface area contributed by atoms with E-state index < -0.39 is 0 Å². The van der Waals surface area contributed by atoms with Gasteiger partial charge in [0.05, 0.1) is 22.7 Å². The summed E-state index contributed by atoms with van der Waals surface area (Å²) in [6.07, 6.45) is 1.53. The number of nitrogens with zero attached hydrogens (tertiary/aromatic N) is 3. The normalized spacial score (nSPS) is 12.8. The van der Waals surface area contributed by atoms with Gasteiger partial charge >= 0.3 is 0 Å². The summed E-state index contributed by atoms with van der Waals surface area (Å²) in [7, 11) is 0. The third kappa shape index (κ3) is 7.02. The van der Waals surface area contributed by atoms with Crippen molar-refractivity contribution in [2.75, 3.05) is 0 Å². The molecule has 0 atom stereocenters. The third-order valence-corrected chi connectivity index (χ3v) is 7.97. The van der Waals surface area contributed by atoms with Crippen LogP contribution in [0.4, 0.5) is 0 Å². The number of rotatable bonds is 3. The first-order valence-corrected chi connectivity index (χ1v) is 15.4. The number of aromatic nitrogens is 2. The molecule has 7 rings (SSSR count). The molecule has 7 aromatic rings. The van der Waals surface area contributed by atoms with Crippen LogP contribution in [0, 0.1) is 23.5 Å². The molecule has 5 heteroatoms. The van der Waals surface area contributed by atoms with Crippen molar-refractivity contribution < 1.29 is 31.4 Å². The Hall–Kier alpha value is -4.88. The average Bonchev–Trinajstić information content (AvgIpc) is 3.51. The van der Waals surface area contributed by atoms with Crippen LogP contribution in [-0.2, 0) is 30.9 Å². The predicted octanol–water partition coefficient (Wildman–Crippen LogP) is 11.1. The predicted molar refractivity (Wildman–Crippen MR) is 192 cm³/mol. The van der Waals surface area contributed by atoms with E-state index in [2.05, 4.69) is 82.9 Å². The number of pyridine rings is 2. The SMILES string of the molecule is CC(C)(C)c1ccnc(-c2[c-]cc(C(C)(C)C)c3c2oc2c(-c4ccccc4)c(C#N)ccc23)c1.[2H]c1c[c-]c(-c2nc([2H])c([2H])c([2H])c2[2H])cc1.[Ir]. The van der Waals surface area contributed by atoms with E-state index >= 15 is 0 Å². The van der Waals surface area contributed by atoms with Crippen molar-refractivity contribution >= 4 is 21.9 Å². The molecule has 0 aliphatic rings. The summed E-state index contributed by atoms with van der Waals surface area (Å²) in [4.78, 5) is 8.52. The van der Waals surface area contributed by atoms with Gasteiger partial charge in [-0.3, -0.25) is 0 Å². The fraction of sp³-hybridized carbons (Fsp3) is 0.186. The van der Waals surface area contributed by atoms with Gasteiger partial charge in [0.2, 0.25) is 0 Å². The molecule has 0 unspecified atom stereocenters. The van der Waals surface area contributed by atoms with Gasteiger partial charge < -0.3 is 14.4 Å². The van der Waals surface area contributed by atoms with Crippen LogP contribution >= 0.6 is 0 Å². The van der Waals surface area contributed by atoms with Crippen molar-refractivity contribution in [2.24, 2.45) is 0 Å². The van der Waals surface area contributed by atoms with E-state index in [1.807, 2.05) is 48.7 Å². The molecule has 0 bridgehead atoms. The molecule has 0 aliphatic carbocycles. The van der Waals surface area contributed by atoms with Crippen LogP contribution in [0.3, 0.4) is 0 Å². The van der Waals surface area contributed by atoms with Crippen molar-refractivity contribution in [1.82, 2.24) is 9.97 Å². The molecule has 0 saturated carbocycles. The number of hydrogen-bond donors (Lipinski definition) is 0. The fourth-order valence-electron chi connectivity index (χ4n) is 5.54. The number of hydrogen-bond acceptors (Lipinski definition) is 4. The summed E-state index contributed by atoms with van der Waals surface area (Å²) >= 11 is 0. The van der Waals surface area contributed by atoms with Crippen LogP contribution in [0.25, 0.3) is 55.6 Å². The smallest absolute Gasteiger partial charge is 0.130 e. The monoisotopic (exact) mass is 809 g/mol. The fourth-order valence-corrected chi connectivity index (χ4v) is 5.54. The van der Waals surface area contributed by atoms with Crippen molar-refractivity contribution in [3.8, 4) is 39.7 Å². The van der Waals surface area contributed by atoms with E-state index in [-0.39, 0.29) is 67.0 Å². The quantitative estimate of drug-likeness (QED) is 0.167. The Bertz CT molecular complexity index is 2500. The Balaban J connectivity index is 0.000000253. The Labute approximate surface area is 303 Å². The molecule has 0 saturated heterocycles. The van der Waals surface area contributed by atoms with Gasteiger partial charge in [0.15, 0.2) is 0 Å². The maximum atomic E-state index is 9.93. The molecule has 4 nitrogen and oxygen atoms in total. The minimum atomic E-state index is -0.351. The zero-order valence-corrected chi connectivity index (χ0v) is 30.1. The first-order chi connectivity index (χ1) is 24.6. The molecule has 4 aromatic carbocycles. The largest absolute Gasteiger partial charge is 0.500 e. The van der Waals surface area contributed by atoms with Gasteiger partial charge in [-0.1, -0.05) is 107 Å². The molecule has 3 aromatic heterocycles. The van der Waals surface area contributed by atoms with E-state index in [4.69, 9.17) is 16.3 Å². The van der Waals surface area contributed by atoms with E-state index in [0.717, 1.165) is 49.9 Å². The molecule has 1 radical (unpaired) electrons. The molecule has 0 aliphatic heterocycles. The number of furan rings is 1. The molecular formula is C43H37IrN3O-2. The second kappa shape index (κ2) is 14.1. The summed E-state index contributed by atoms with van der Waals surface area (Å²) in [5.74, 6) is 0. The molecule has 0 spiro atoms. The third-order valence-electron chi connectivity index (χ3n) is 7.97. The van der Waals surface area contributed by atoms with Crippen molar-refractivity contribution in [1.29, 1.82) is 5.26 Å². The van der Waals surface area contributed by atoms with Crippen LogP contribution in [-0.4, -0.2) is 9.97 Å². The summed E-state index contributed by atoms with van der Waals surface area (Å²) in [6.45, 7) is 13.2. The summed E-state index contributed by atoms with van der Waals surface area (Å²) in [5.41, 5.74) is 8.39. The average molecular weight is 809 g/mol. The van der Waals surface area contributed by atoms with Gasteiger partial charge in [0, 0.05) is 43.4 Å². The van der Waals surface area contributed by atoms with Crippen LogP contribution in [0.2, 0.25) is 0 Å². The second-order valence-electron chi connectivity index (χ2n) is 13.3. The Morgan fingerprint density at radius 3 is 2.29 bits per heavy atom. The van der Waals surface area contributed by atoms with E-state index in [1.165, 1.54) is 17.7 Å². The van der Waals surface area contributed by atoms with Gasteiger partial charge in [0.25, 0.3) is 0 Å². The van der Waals surface area contributed by atoms with Crippen molar-refractivity contribution in [3.63, 3.8) is 0 Å². The number of benzene rings is 4. The van der Waals surface area contributed by atoms with E-state index in [9.17, 15) is 5.26 Å². The van der Waals surface area contributed by atoms with Crippen LogP contribution in [0.1, 0.15) is 65.1 Å². The van der Waals surface area contributed by atoms with Crippen LogP contribution in [0.15, 0.2) is 120 Å². The molecular weight excluding hydrogens is 767 g/mol. The molecule has 0 amide bonds. The Kier molecular flexibility index (Phi) is 8.26. The second-order valence-corrected chi connectivity index (χ2v) is 13.3. The first-order valence-electron chi connectivity index (χ1n) is 17.9. The Morgan fingerprint density at radius 1 is 0.812 bits per heavy atom. The van der Waals surface area contributed by atoms with E-state index in [1.54, 1.807) is 6.07 Å². The van der Waals surface area contributed by atoms with Gasteiger partial charge in [-0.05, 0) is 52.9 Å². The number of fused-ring (bicyclic) bond motifs is 3. The summed E-state index contributed by atoms with van der Waals surface area (Å²) in [6, 6.07) is 32.8. The maximum Gasteiger partial charge on any atom is 0.130 e. The topological polar surface area (TPSA) is 62.7 Å². The standard InChI is InChI=1S/C32H29N2O.C11H8N.Ir/c1-31(2,3)22-16-17-34-26(18-22)23-14-15-25(32(4,5)6)28-24-13-12-21(19-33)27(30(24)35-29(23)28)20-10-8-7-9-11-20;1-2-6-10(7-3-1)11-8-4-5-9-12-11;/h7-13,15-18H,1-6H3;1-6,8-9H;/q2*-1;/i;1D,4D,5D,8D,9D;. The summed E-state index contributed by atoms with van der Waals surface area (Å²) in [5, 5.41) is 12.0. The number of nitriles is 1. The molecule has 241 valence electrons. The minimum absolute atomic E-state index is 0. The summed E-state index contributed by atoms with van der Waals surface area (Å²) < 4.78 is 44.1. The van der Waals surface area contributed by atoms with Gasteiger partial charge in [0.1, 0.15) is 5.58 Å². The van der Waals surface area contributed by atoms with Gasteiger partial charge in [-0.2, -0.15) is 5.26 Å².